The maximum absolute atomic E-state index is 11.6. The van der Waals surface area contributed by atoms with Gasteiger partial charge in [0.25, 0.3) is 0 Å². The second-order valence-electron chi connectivity index (χ2n) is 3.36. The summed E-state index contributed by atoms with van der Waals surface area (Å²) in [5.74, 6) is -1.92. The molecule has 4 nitrogen and oxygen atoms in total. The SMILES string of the molecule is C=COC(=O)[C@H]1CC=CC[C@H]1C(=O)OC=C. The van der Waals surface area contributed by atoms with Crippen molar-refractivity contribution in [3.63, 3.8) is 0 Å². The van der Waals surface area contributed by atoms with E-state index >= 15 is 0 Å². The summed E-state index contributed by atoms with van der Waals surface area (Å²) in [7, 11) is 0. The van der Waals surface area contributed by atoms with Gasteiger partial charge < -0.3 is 9.47 Å². The molecule has 4 heteroatoms. The summed E-state index contributed by atoms with van der Waals surface area (Å²) in [5, 5.41) is 0. The van der Waals surface area contributed by atoms with Gasteiger partial charge in [-0.2, -0.15) is 0 Å². The standard InChI is InChI=1S/C12H14O4/c1-3-15-11(13)9-7-5-6-8-10(9)12(14)16-4-2/h3-6,9-10H,1-2,7-8H2/t9-,10+. The van der Waals surface area contributed by atoms with Gasteiger partial charge in [0, 0.05) is 0 Å². The number of hydrogen-bond donors (Lipinski definition) is 0. The smallest absolute Gasteiger partial charge is 0.314 e. The van der Waals surface area contributed by atoms with Crippen LogP contribution in [-0.4, -0.2) is 11.9 Å². The molecule has 0 radical (unpaired) electrons. The Balaban J connectivity index is 2.75. The number of ether oxygens (including phenoxy) is 2. The summed E-state index contributed by atoms with van der Waals surface area (Å²) in [6, 6.07) is 0. The lowest BCUT2D eigenvalue weighted by Gasteiger charge is -2.23. The van der Waals surface area contributed by atoms with E-state index in [9.17, 15) is 9.59 Å². The van der Waals surface area contributed by atoms with Crippen LogP contribution in [0.25, 0.3) is 0 Å². The van der Waals surface area contributed by atoms with Gasteiger partial charge in [-0.1, -0.05) is 25.3 Å². The lowest BCUT2D eigenvalue weighted by atomic mass is 9.83. The van der Waals surface area contributed by atoms with E-state index in [1.165, 1.54) is 0 Å². The van der Waals surface area contributed by atoms with Crippen molar-refractivity contribution in [2.75, 3.05) is 0 Å². The minimum atomic E-state index is -0.504. The van der Waals surface area contributed by atoms with Crippen molar-refractivity contribution in [1.29, 1.82) is 0 Å². The molecule has 0 spiro atoms. The third-order valence-corrected chi connectivity index (χ3v) is 2.44. The maximum Gasteiger partial charge on any atom is 0.314 e. The Morgan fingerprint density at radius 1 is 1.00 bits per heavy atom. The van der Waals surface area contributed by atoms with Crippen molar-refractivity contribution in [2.24, 2.45) is 11.8 Å². The molecule has 16 heavy (non-hydrogen) atoms. The van der Waals surface area contributed by atoms with Crippen molar-refractivity contribution in [3.8, 4) is 0 Å². The minimum absolute atomic E-state index is 0.453. The molecule has 0 aromatic carbocycles. The zero-order chi connectivity index (χ0) is 12.0. The predicted molar refractivity (Wildman–Crippen MR) is 57.9 cm³/mol. The van der Waals surface area contributed by atoms with E-state index in [0.29, 0.717) is 12.8 Å². The molecule has 0 aromatic rings. The number of allylic oxidation sites excluding steroid dienone is 2. The number of hydrogen-bond acceptors (Lipinski definition) is 4. The van der Waals surface area contributed by atoms with Crippen molar-refractivity contribution >= 4 is 11.9 Å². The minimum Gasteiger partial charge on any atom is -0.435 e. The molecular formula is C12H14O4. The molecule has 0 heterocycles. The third kappa shape index (κ3) is 2.82. The largest absolute Gasteiger partial charge is 0.435 e. The molecule has 0 N–H and O–H groups in total. The Labute approximate surface area is 94.2 Å². The zero-order valence-electron chi connectivity index (χ0n) is 8.93. The van der Waals surface area contributed by atoms with E-state index in [-0.39, 0.29) is 0 Å². The Hall–Kier alpha value is -1.84. The molecule has 0 aromatic heterocycles. The van der Waals surface area contributed by atoms with Gasteiger partial charge in [0.1, 0.15) is 0 Å². The second kappa shape index (κ2) is 5.90. The van der Waals surface area contributed by atoms with E-state index in [2.05, 4.69) is 13.2 Å². The zero-order valence-corrected chi connectivity index (χ0v) is 8.93. The fourth-order valence-electron chi connectivity index (χ4n) is 1.67. The van der Waals surface area contributed by atoms with Crippen LogP contribution >= 0.6 is 0 Å². The van der Waals surface area contributed by atoms with Gasteiger partial charge in [-0.05, 0) is 12.8 Å². The number of esters is 2. The molecule has 0 aliphatic heterocycles. The molecule has 0 unspecified atom stereocenters. The Kier molecular flexibility index (Phi) is 4.51. The van der Waals surface area contributed by atoms with Gasteiger partial charge in [0.05, 0.1) is 24.4 Å². The molecule has 1 aliphatic rings. The molecule has 0 fully saturated rings. The van der Waals surface area contributed by atoms with Crippen LogP contribution in [0.15, 0.2) is 37.8 Å². The molecule has 2 atom stereocenters. The van der Waals surface area contributed by atoms with Crippen molar-refractivity contribution < 1.29 is 19.1 Å². The van der Waals surface area contributed by atoms with E-state index in [0.717, 1.165) is 12.5 Å². The topological polar surface area (TPSA) is 52.6 Å². The molecule has 0 amide bonds. The number of rotatable bonds is 4. The molecule has 86 valence electrons. The van der Waals surface area contributed by atoms with Crippen LogP contribution in [0, 0.1) is 11.8 Å². The van der Waals surface area contributed by atoms with Crippen molar-refractivity contribution in [1.82, 2.24) is 0 Å². The number of carbonyl (C=O) groups is 2. The highest BCUT2D eigenvalue weighted by atomic mass is 16.5. The summed E-state index contributed by atoms with van der Waals surface area (Å²) in [4.78, 5) is 23.1. The summed E-state index contributed by atoms with van der Waals surface area (Å²) in [6.07, 6.45) is 6.79. The Morgan fingerprint density at radius 2 is 1.38 bits per heavy atom. The van der Waals surface area contributed by atoms with Crippen LogP contribution in [0.5, 0.6) is 0 Å². The quantitative estimate of drug-likeness (QED) is 0.414. The molecule has 1 aliphatic carbocycles. The van der Waals surface area contributed by atoms with Crippen LogP contribution in [0.3, 0.4) is 0 Å². The average Bonchev–Trinajstić information content (AvgIpc) is 2.30. The summed E-state index contributed by atoms with van der Waals surface area (Å²) in [6.45, 7) is 6.62. The highest BCUT2D eigenvalue weighted by Crippen LogP contribution is 2.28. The number of carbonyl (C=O) groups excluding carboxylic acids is 2. The summed E-state index contributed by atoms with van der Waals surface area (Å²) < 4.78 is 9.39. The Morgan fingerprint density at radius 3 is 1.69 bits per heavy atom. The van der Waals surface area contributed by atoms with Crippen molar-refractivity contribution in [2.45, 2.75) is 12.8 Å². The van der Waals surface area contributed by atoms with Gasteiger partial charge in [-0.25, -0.2) is 0 Å². The van der Waals surface area contributed by atoms with Crippen LogP contribution in [-0.2, 0) is 19.1 Å². The van der Waals surface area contributed by atoms with Crippen LogP contribution in [0.4, 0.5) is 0 Å². The first kappa shape index (κ1) is 12.2. The highest BCUT2D eigenvalue weighted by Gasteiger charge is 2.35. The molecular weight excluding hydrogens is 208 g/mol. The van der Waals surface area contributed by atoms with E-state index in [1.807, 2.05) is 12.2 Å². The van der Waals surface area contributed by atoms with Gasteiger partial charge in [0.15, 0.2) is 0 Å². The molecule has 0 saturated carbocycles. The van der Waals surface area contributed by atoms with Gasteiger partial charge in [-0.3, -0.25) is 9.59 Å². The first-order chi connectivity index (χ1) is 7.70. The average molecular weight is 222 g/mol. The van der Waals surface area contributed by atoms with Crippen LogP contribution in [0.1, 0.15) is 12.8 Å². The normalized spacial score (nSPS) is 23.2. The lowest BCUT2D eigenvalue weighted by Crippen LogP contribution is -2.32. The molecule has 1 rings (SSSR count). The monoisotopic (exact) mass is 222 g/mol. The fourth-order valence-corrected chi connectivity index (χ4v) is 1.67. The highest BCUT2D eigenvalue weighted by molar-refractivity contribution is 5.83. The van der Waals surface area contributed by atoms with E-state index in [1.54, 1.807) is 0 Å². The first-order valence-corrected chi connectivity index (χ1v) is 4.98. The lowest BCUT2D eigenvalue weighted by molar-refractivity contribution is -0.154. The van der Waals surface area contributed by atoms with Gasteiger partial charge >= 0.3 is 11.9 Å². The molecule has 0 bridgehead atoms. The fraction of sp³-hybridized carbons (Fsp3) is 0.333. The van der Waals surface area contributed by atoms with E-state index < -0.39 is 23.8 Å². The van der Waals surface area contributed by atoms with Crippen LogP contribution in [0.2, 0.25) is 0 Å². The van der Waals surface area contributed by atoms with E-state index in [4.69, 9.17) is 9.47 Å². The van der Waals surface area contributed by atoms with Gasteiger partial charge in [-0.15, -0.1) is 0 Å². The van der Waals surface area contributed by atoms with Crippen LogP contribution < -0.4 is 0 Å². The first-order valence-electron chi connectivity index (χ1n) is 4.98. The summed E-state index contributed by atoms with van der Waals surface area (Å²) in [5.41, 5.74) is 0. The molecule has 0 saturated heterocycles. The predicted octanol–water partition coefficient (Wildman–Crippen LogP) is 1.94. The summed E-state index contributed by atoms with van der Waals surface area (Å²) >= 11 is 0. The third-order valence-electron chi connectivity index (χ3n) is 2.44. The van der Waals surface area contributed by atoms with Crippen molar-refractivity contribution in [3.05, 3.63) is 37.8 Å². The second-order valence-corrected chi connectivity index (χ2v) is 3.36. The maximum atomic E-state index is 11.6. The Bertz CT molecular complexity index is 298. The van der Waals surface area contributed by atoms with Gasteiger partial charge in [0.2, 0.25) is 0 Å².